The lowest BCUT2D eigenvalue weighted by Crippen LogP contribution is -2.15. The summed E-state index contributed by atoms with van der Waals surface area (Å²) in [5.74, 6) is 0. The van der Waals surface area contributed by atoms with Crippen molar-refractivity contribution in [2.45, 2.75) is 0 Å². The standard InChI is InChI=1S/C12H10NOP/c14-15-12-8-4-2-6-10(12)9-5-1-3-7-11(9)13-15/h1-8,13-14H. The molecule has 0 amide bonds. The van der Waals surface area contributed by atoms with Crippen LogP contribution in [0, 0.1) is 0 Å². The van der Waals surface area contributed by atoms with E-state index in [1.807, 2.05) is 36.4 Å². The maximum atomic E-state index is 9.96. The predicted molar refractivity (Wildman–Crippen MR) is 64.3 cm³/mol. The Morgan fingerprint density at radius 3 is 2.40 bits per heavy atom. The monoisotopic (exact) mass is 215 g/mol. The number of hydrogen-bond donors (Lipinski definition) is 2. The van der Waals surface area contributed by atoms with Crippen molar-refractivity contribution in [2.24, 2.45) is 0 Å². The van der Waals surface area contributed by atoms with E-state index in [0.717, 1.165) is 16.6 Å². The lowest BCUT2D eigenvalue weighted by Gasteiger charge is -2.25. The molecule has 15 heavy (non-hydrogen) atoms. The van der Waals surface area contributed by atoms with E-state index in [9.17, 15) is 4.89 Å². The maximum Gasteiger partial charge on any atom is 0.161 e. The van der Waals surface area contributed by atoms with Crippen LogP contribution in [0.1, 0.15) is 0 Å². The largest absolute Gasteiger partial charge is 0.351 e. The Balaban J connectivity index is 2.30. The topological polar surface area (TPSA) is 32.3 Å². The Bertz CT molecular complexity index is 512. The highest BCUT2D eigenvalue weighted by Gasteiger charge is 2.21. The van der Waals surface area contributed by atoms with Crippen LogP contribution in [0.4, 0.5) is 5.69 Å². The number of fused-ring (bicyclic) bond motifs is 3. The summed E-state index contributed by atoms with van der Waals surface area (Å²) >= 11 is 0. The summed E-state index contributed by atoms with van der Waals surface area (Å²) in [7, 11) is -1.24. The van der Waals surface area contributed by atoms with E-state index in [0.29, 0.717) is 0 Å². The van der Waals surface area contributed by atoms with Crippen molar-refractivity contribution in [3.8, 4) is 11.1 Å². The fraction of sp³-hybridized carbons (Fsp3) is 0. The number of para-hydroxylation sites is 1. The highest BCUT2D eigenvalue weighted by atomic mass is 31.2. The molecule has 2 aromatic carbocycles. The van der Waals surface area contributed by atoms with E-state index in [-0.39, 0.29) is 0 Å². The fourth-order valence-electron chi connectivity index (χ4n) is 1.88. The molecule has 1 atom stereocenters. The molecular weight excluding hydrogens is 205 g/mol. The number of hydrogen-bond acceptors (Lipinski definition) is 2. The molecule has 0 bridgehead atoms. The third kappa shape index (κ3) is 1.34. The Hall–Kier alpha value is -1.37. The zero-order chi connectivity index (χ0) is 10.3. The maximum absolute atomic E-state index is 9.96. The molecule has 1 heterocycles. The van der Waals surface area contributed by atoms with Gasteiger partial charge in [0.2, 0.25) is 0 Å². The summed E-state index contributed by atoms with van der Waals surface area (Å²) < 4.78 is 0. The van der Waals surface area contributed by atoms with Crippen LogP contribution in [0.15, 0.2) is 48.5 Å². The minimum atomic E-state index is -1.24. The van der Waals surface area contributed by atoms with Crippen molar-refractivity contribution in [2.75, 3.05) is 5.09 Å². The number of nitrogens with one attached hydrogen (secondary N) is 1. The summed E-state index contributed by atoms with van der Waals surface area (Å²) in [6, 6.07) is 16.1. The van der Waals surface area contributed by atoms with Gasteiger partial charge < -0.3 is 9.98 Å². The number of benzene rings is 2. The third-order valence-electron chi connectivity index (χ3n) is 2.58. The molecule has 1 aliphatic heterocycles. The lowest BCUT2D eigenvalue weighted by molar-refractivity contribution is 0.640. The first kappa shape index (κ1) is 8.90. The van der Waals surface area contributed by atoms with Crippen LogP contribution in [-0.4, -0.2) is 4.89 Å². The van der Waals surface area contributed by atoms with Gasteiger partial charge in [0.15, 0.2) is 8.30 Å². The normalized spacial score (nSPS) is 17.5. The molecule has 1 unspecified atom stereocenters. The quantitative estimate of drug-likeness (QED) is 0.662. The average Bonchev–Trinajstić information content (AvgIpc) is 2.30. The van der Waals surface area contributed by atoms with Crippen molar-refractivity contribution >= 4 is 19.3 Å². The molecule has 1 aliphatic rings. The van der Waals surface area contributed by atoms with Gasteiger partial charge in [0.1, 0.15) is 0 Å². The van der Waals surface area contributed by atoms with Crippen molar-refractivity contribution in [3.63, 3.8) is 0 Å². The molecule has 2 aromatic rings. The van der Waals surface area contributed by atoms with Crippen LogP contribution in [0.5, 0.6) is 0 Å². The van der Waals surface area contributed by atoms with Crippen LogP contribution in [0.2, 0.25) is 0 Å². The molecule has 2 nitrogen and oxygen atoms in total. The van der Waals surface area contributed by atoms with E-state index >= 15 is 0 Å². The van der Waals surface area contributed by atoms with Gasteiger partial charge in [-0.2, -0.15) is 0 Å². The summed E-state index contributed by atoms with van der Waals surface area (Å²) in [5, 5.41) is 4.14. The fourth-order valence-corrected chi connectivity index (χ4v) is 3.07. The smallest absolute Gasteiger partial charge is 0.161 e. The molecule has 0 aliphatic carbocycles. The third-order valence-corrected chi connectivity index (χ3v) is 3.87. The molecule has 0 saturated carbocycles. The van der Waals surface area contributed by atoms with Gasteiger partial charge in [-0.1, -0.05) is 36.4 Å². The SMILES string of the molecule is OP1Nc2ccccc2-c2ccccc21. The molecule has 0 radical (unpaired) electrons. The Kier molecular flexibility index (Phi) is 1.98. The Morgan fingerprint density at radius 2 is 1.53 bits per heavy atom. The highest BCUT2D eigenvalue weighted by Crippen LogP contribution is 2.43. The van der Waals surface area contributed by atoms with Crippen LogP contribution in [0.25, 0.3) is 11.1 Å². The minimum absolute atomic E-state index is 1.01. The molecule has 3 rings (SSSR count). The molecular formula is C12H10NOP. The molecule has 0 aromatic heterocycles. The minimum Gasteiger partial charge on any atom is -0.351 e. The van der Waals surface area contributed by atoms with Gasteiger partial charge in [-0.05, 0) is 17.7 Å². The molecule has 0 fully saturated rings. The van der Waals surface area contributed by atoms with Gasteiger partial charge in [-0.25, -0.2) is 0 Å². The van der Waals surface area contributed by atoms with E-state index in [1.165, 1.54) is 5.56 Å². The van der Waals surface area contributed by atoms with Crippen molar-refractivity contribution in [3.05, 3.63) is 48.5 Å². The van der Waals surface area contributed by atoms with Crippen LogP contribution >= 0.6 is 8.30 Å². The second kappa shape index (κ2) is 3.34. The summed E-state index contributed by atoms with van der Waals surface area (Å²) in [6.45, 7) is 0. The Morgan fingerprint density at radius 1 is 0.867 bits per heavy atom. The van der Waals surface area contributed by atoms with Gasteiger partial charge in [-0.15, -0.1) is 0 Å². The summed E-state index contributed by atoms with van der Waals surface area (Å²) in [6.07, 6.45) is 0. The van der Waals surface area contributed by atoms with Gasteiger partial charge >= 0.3 is 0 Å². The van der Waals surface area contributed by atoms with Crippen LogP contribution in [-0.2, 0) is 0 Å². The number of rotatable bonds is 0. The zero-order valence-corrected chi connectivity index (χ0v) is 8.91. The summed E-state index contributed by atoms with van der Waals surface area (Å²) in [5.41, 5.74) is 3.33. The van der Waals surface area contributed by atoms with E-state index in [4.69, 9.17) is 0 Å². The first-order valence-electron chi connectivity index (χ1n) is 4.80. The second-order valence-electron chi connectivity index (χ2n) is 3.49. The van der Waals surface area contributed by atoms with Crippen molar-refractivity contribution in [1.29, 1.82) is 0 Å². The second-order valence-corrected chi connectivity index (χ2v) is 4.82. The summed E-state index contributed by atoms with van der Waals surface area (Å²) in [4.78, 5) is 9.96. The molecule has 0 spiro atoms. The Labute approximate surface area is 89.5 Å². The van der Waals surface area contributed by atoms with Crippen molar-refractivity contribution in [1.82, 2.24) is 0 Å². The predicted octanol–water partition coefficient (Wildman–Crippen LogP) is 2.71. The van der Waals surface area contributed by atoms with E-state index in [2.05, 4.69) is 17.2 Å². The average molecular weight is 215 g/mol. The van der Waals surface area contributed by atoms with Gasteiger partial charge in [0.25, 0.3) is 0 Å². The van der Waals surface area contributed by atoms with E-state index < -0.39 is 8.30 Å². The molecule has 74 valence electrons. The molecule has 3 heteroatoms. The van der Waals surface area contributed by atoms with Crippen molar-refractivity contribution < 1.29 is 4.89 Å². The highest BCUT2D eigenvalue weighted by molar-refractivity contribution is 7.62. The van der Waals surface area contributed by atoms with E-state index in [1.54, 1.807) is 0 Å². The van der Waals surface area contributed by atoms with Gasteiger partial charge in [-0.3, -0.25) is 0 Å². The van der Waals surface area contributed by atoms with Crippen LogP contribution < -0.4 is 10.4 Å². The molecule has 2 N–H and O–H groups in total. The van der Waals surface area contributed by atoms with Gasteiger partial charge in [0.05, 0.1) is 0 Å². The van der Waals surface area contributed by atoms with Crippen LogP contribution in [0.3, 0.4) is 0 Å². The first-order valence-corrected chi connectivity index (χ1v) is 6.10. The first-order chi connectivity index (χ1) is 7.36. The molecule has 0 saturated heterocycles. The van der Waals surface area contributed by atoms with Gasteiger partial charge in [0, 0.05) is 16.6 Å². The zero-order valence-electron chi connectivity index (χ0n) is 8.01. The lowest BCUT2D eigenvalue weighted by atomic mass is 10.0. The number of anilines is 1.